The van der Waals surface area contributed by atoms with Gasteiger partial charge in [0.05, 0.1) is 6.54 Å². The van der Waals surface area contributed by atoms with Crippen LogP contribution in [0.3, 0.4) is 0 Å². The molecule has 1 saturated carbocycles. The molecule has 1 fully saturated rings. The predicted molar refractivity (Wildman–Crippen MR) is 104 cm³/mol. The molecular formula is C20H29N5O. The first-order chi connectivity index (χ1) is 12.8. The van der Waals surface area contributed by atoms with Crippen LogP contribution in [-0.4, -0.2) is 42.5 Å². The van der Waals surface area contributed by atoms with Crippen LogP contribution in [0.15, 0.2) is 47.7 Å². The first-order valence-corrected chi connectivity index (χ1v) is 9.41. The average Bonchev–Trinajstić information content (AvgIpc) is 3.35. The van der Waals surface area contributed by atoms with Gasteiger partial charge in [-0.2, -0.15) is 5.10 Å². The van der Waals surface area contributed by atoms with Crippen LogP contribution in [0.5, 0.6) is 0 Å². The van der Waals surface area contributed by atoms with E-state index in [0.29, 0.717) is 0 Å². The van der Waals surface area contributed by atoms with Gasteiger partial charge in [-0.1, -0.05) is 24.3 Å². The maximum atomic E-state index is 5.66. The molecule has 1 aliphatic rings. The molecule has 140 valence electrons. The smallest absolute Gasteiger partial charge is 0.191 e. The van der Waals surface area contributed by atoms with E-state index in [-0.39, 0.29) is 0 Å². The highest BCUT2D eigenvalue weighted by atomic mass is 16.5. The molecule has 6 heteroatoms. The monoisotopic (exact) mass is 355 g/mol. The van der Waals surface area contributed by atoms with Gasteiger partial charge in [-0.3, -0.25) is 9.67 Å². The number of benzene rings is 1. The topological polar surface area (TPSA) is 63.5 Å². The van der Waals surface area contributed by atoms with Crippen molar-refractivity contribution >= 4 is 5.96 Å². The molecule has 0 amide bonds. The summed E-state index contributed by atoms with van der Waals surface area (Å²) in [5.74, 6) is 1.65. The number of hydrogen-bond donors (Lipinski definition) is 2. The van der Waals surface area contributed by atoms with E-state index in [0.717, 1.165) is 51.1 Å². The van der Waals surface area contributed by atoms with Crippen molar-refractivity contribution in [3.63, 3.8) is 0 Å². The largest absolute Gasteiger partial charge is 0.381 e. The Balaban J connectivity index is 1.40. The highest BCUT2D eigenvalue weighted by Crippen LogP contribution is 2.28. The number of guanidine groups is 1. The minimum atomic E-state index is 0.731. The molecular weight excluding hydrogens is 326 g/mol. The molecule has 1 aromatic carbocycles. The van der Waals surface area contributed by atoms with Gasteiger partial charge < -0.3 is 15.4 Å². The molecule has 1 heterocycles. The fraction of sp³-hybridized carbons (Fsp3) is 0.500. The zero-order chi connectivity index (χ0) is 18.0. The summed E-state index contributed by atoms with van der Waals surface area (Å²) in [6.45, 7) is 4.11. The van der Waals surface area contributed by atoms with E-state index in [1.165, 1.54) is 24.0 Å². The highest BCUT2D eigenvalue weighted by molar-refractivity contribution is 5.79. The average molecular weight is 355 g/mol. The molecule has 0 unspecified atom stereocenters. The van der Waals surface area contributed by atoms with Gasteiger partial charge in [-0.15, -0.1) is 0 Å². The quantitative estimate of drug-likeness (QED) is 0.390. The third kappa shape index (κ3) is 6.19. The van der Waals surface area contributed by atoms with E-state index in [2.05, 4.69) is 45.0 Å². The van der Waals surface area contributed by atoms with Gasteiger partial charge in [0.2, 0.25) is 0 Å². The van der Waals surface area contributed by atoms with Gasteiger partial charge in [0.15, 0.2) is 5.96 Å². The van der Waals surface area contributed by atoms with Crippen LogP contribution in [-0.2, 0) is 17.8 Å². The Morgan fingerprint density at radius 2 is 2.08 bits per heavy atom. The standard InChI is InChI=1S/C20H29N5O/c1-21-20(22-10-5-13-26-16-17-8-9-17)23-14-18-6-2-3-7-19(18)15-25-12-4-11-24-25/h2-4,6-7,11-12,17H,5,8-10,13-16H2,1H3,(H2,21,22,23). The molecule has 1 aromatic heterocycles. The second kappa shape index (κ2) is 9.97. The third-order valence-corrected chi connectivity index (χ3v) is 4.49. The van der Waals surface area contributed by atoms with Gasteiger partial charge >= 0.3 is 0 Å². The van der Waals surface area contributed by atoms with E-state index in [4.69, 9.17) is 4.74 Å². The summed E-state index contributed by atoms with van der Waals surface area (Å²) in [5.41, 5.74) is 2.51. The Bertz CT molecular complexity index is 679. The number of aromatic nitrogens is 2. The molecule has 0 radical (unpaired) electrons. The van der Waals surface area contributed by atoms with E-state index < -0.39 is 0 Å². The molecule has 0 atom stereocenters. The molecule has 3 rings (SSSR count). The van der Waals surface area contributed by atoms with Gasteiger partial charge in [-0.05, 0) is 42.4 Å². The number of hydrogen-bond acceptors (Lipinski definition) is 3. The summed E-state index contributed by atoms with van der Waals surface area (Å²) in [7, 11) is 1.80. The van der Waals surface area contributed by atoms with Crippen LogP contribution in [0.1, 0.15) is 30.4 Å². The minimum Gasteiger partial charge on any atom is -0.381 e. The van der Waals surface area contributed by atoms with Crippen molar-refractivity contribution in [2.75, 3.05) is 26.8 Å². The van der Waals surface area contributed by atoms with Crippen LogP contribution in [0, 0.1) is 5.92 Å². The Morgan fingerprint density at radius 1 is 1.23 bits per heavy atom. The first-order valence-electron chi connectivity index (χ1n) is 9.41. The number of rotatable bonds is 10. The van der Waals surface area contributed by atoms with Gasteiger partial charge in [0.25, 0.3) is 0 Å². The molecule has 6 nitrogen and oxygen atoms in total. The second-order valence-corrected chi connectivity index (χ2v) is 6.70. The van der Waals surface area contributed by atoms with Crippen LogP contribution in [0.2, 0.25) is 0 Å². The minimum absolute atomic E-state index is 0.731. The lowest BCUT2D eigenvalue weighted by Gasteiger charge is -2.14. The van der Waals surface area contributed by atoms with Crippen molar-refractivity contribution in [1.82, 2.24) is 20.4 Å². The van der Waals surface area contributed by atoms with Crippen molar-refractivity contribution in [3.05, 3.63) is 53.9 Å². The highest BCUT2D eigenvalue weighted by Gasteiger charge is 2.20. The Kier molecular flexibility index (Phi) is 7.07. The Hall–Kier alpha value is -2.34. The zero-order valence-corrected chi connectivity index (χ0v) is 15.5. The van der Waals surface area contributed by atoms with Crippen LogP contribution >= 0.6 is 0 Å². The second-order valence-electron chi connectivity index (χ2n) is 6.70. The SMILES string of the molecule is CN=C(NCCCOCC1CC1)NCc1ccccc1Cn1cccn1. The number of aliphatic imine (C=N–C) groups is 1. The van der Waals surface area contributed by atoms with E-state index in [9.17, 15) is 0 Å². The van der Waals surface area contributed by atoms with Crippen LogP contribution < -0.4 is 10.6 Å². The summed E-state index contributed by atoms with van der Waals surface area (Å²) in [6, 6.07) is 10.4. The van der Waals surface area contributed by atoms with E-state index >= 15 is 0 Å². The van der Waals surface area contributed by atoms with Crippen LogP contribution in [0.25, 0.3) is 0 Å². The number of nitrogens with one attached hydrogen (secondary N) is 2. The van der Waals surface area contributed by atoms with Crippen molar-refractivity contribution in [2.24, 2.45) is 10.9 Å². The normalized spacial score (nSPS) is 14.4. The summed E-state index contributed by atoms with van der Waals surface area (Å²) in [4.78, 5) is 4.30. The maximum Gasteiger partial charge on any atom is 0.191 e. The molecule has 0 aliphatic heterocycles. The van der Waals surface area contributed by atoms with Crippen LogP contribution in [0.4, 0.5) is 0 Å². The summed E-state index contributed by atoms with van der Waals surface area (Å²) >= 11 is 0. The summed E-state index contributed by atoms with van der Waals surface area (Å²) in [6.07, 6.45) is 7.47. The van der Waals surface area contributed by atoms with Crippen molar-refractivity contribution in [1.29, 1.82) is 0 Å². The molecule has 0 bridgehead atoms. The Morgan fingerprint density at radius 3 is 2.81 bits per heavy atom. The lowest BCUT2D eigenvalue weighted by atomic mass is 10.1. The molecule has 2 aromatic rings. The van der Waals surface area contributed by atoms with Crippen molar-refractivity contribution in [3.8, 4) is 0 Å². The van der Waals surface area contributed by atoms with Gasteiger partial charge in [0, 0.05) is 45.7 Å². The lowest BCUT2D eigenvalue weighted by Crippen LogP contribution is -2.37. The molecule has 1 aliphatic carbocycles. The molecule has 2 N–H and O–H groups in total. The fourth-order valence-corrected chi connectivity index (χ4v) is 2.77. The molecule has 26 heavy (non-hydrogen) atoms. The maximum absolute atomic E-state index is 5.66. The lowest BCUT2D eigenvalue weighted by molar-refractivity contribution is 0.123. The third-order valence-electron chi connectivity index (χ3n) is 4.49. The van der Waals surface area contributed by atoms with E-state index in [1.54, 1.807) is 13.2 Å². The van der Waals surface area contributed by atoms with Gasteiger partial charge in [-0.25, -0.2) is 0 Å². The summed E-state index contributed by atoms with van der Waals surface area (Å²) < 4.78 is 7.60. The summed E-state index contributed by atoms with van der Waals surface area (Å²) in [5, 5.41) is 11.0. The predicted octanol–water partition coefficient (Wildman–Crippen LogP) is 2.41. The first kappa shape index (κ1) is 18.5. The van der Waals surface area contributed by atoms with E-state index in [1.807, 2.05) is 16.9 Å². The van der Waals surface area contributed by atoms with Crippen molar-refractivity contribution < 1.29 is 4.74 Å². The van der Waals surface area contributed by atoms with Gasteiger partial charge in [0.1, 0.15) is 0 Å². The molecule has 0 spiro atoms. The number of nitrogens with zero attached hydrogens (tertiary/aromatic N) is 3. The Labute approximate surface area is 155 Å². The van der Waals surface area contributed by atoms with Crippen molar-refractivity contribution in [2.45, 2.75) is 32.4 Å². The zero-order valence-electron chi connectivity index (χ0n) is 15.5. The molecule has 0 saturated heterocycles. The fourth-order valence-electron chi connectivity index (χ4n) is 2.77. The number of ether oxygens (including phenoxy) is 1.